The van der Waals surface area contributed by atoms with Crippen LogP contribution in [0.4, 0.5) is 4.79 Å². The molecule has 1 aliphatic heterocycles. The van der Waals surface area contributed by atoms with Crippen LogP contribution in [0.1, 0.15) is 36.7 Å². The van der Waals surface area contributed by atoms with Crippen LogP contribution in [0.3, 0.4) is 0 Å². The first-order valence-electron chi connectivity index (χ1n) is 8.28. The van der Waals surface area contributed by atoms with E-state index in [4.69, 9.17) is 0 Å². The maximum atomic E-state index is 12.4. The van der Waals surface area contributed by atoms with Crippen LogP contribution in [0, 0.1) is 0 Å². The van der Waals surface area contributed by atoms with Crippen molar-refractivity contribution in [3.63, 3.8) is 0 Å². The summed E-state index contributed by atoms with van der Waals surface area (Å²) in [5, 5.41) is 2.68. The lowest BCUT2D eigenvalue weighted by Crippen LogP contribution is -2.39. The zero-order chi connectivity index (χ0) is 19.4. The highest BCUT2D eigenvalue weighted by molar-refractivity contribution is 6.45. The number of hydrogen-bond acceptors (Lipinski definition) is 5. The summed E-state index contributed by atoms with van der Waals surface area (Å²) < 4.78 is 0. The smallest absolute Gasteiger partial charge is 0.334 e. The van der Waals surface area contributed by atoms with Gasteiger partial charge in [-0.25, -0.2) is 9.69 Å². The van der Waals surface area contributed by atoms with Crippen molar-refractivity contribution >= 4 is 29.5 Å². The monoisotopic (exact) mass is 359 g/mol. The third-order valence-corrected chi connectivity index (χ3v) is 3.97. The molecule has 0 bridgehead atoms. The molecular formula is C18H21N3O5. The van der Waals surface area contributed by atoms with Crippen LogP contribution in [0.15, 0.2) is 24.3 Å². The predicted molar refractivity (Wildman–Crippen MR) is 92.3 cm³/mol. The van der Waals surface area contributed by atoms with Gasteiger partial charge in [-0.3, -0.25) is 24.1 Å². The zero-order valence-corrected chi connectivity index (χ0v) is 14.9. The highest BCUT2D eigenvalue weighted by Crippen LogP contribution is 2.16. The highest BCUT2D eigenvalue weighted by Gasteiger charge is 2.46. The molecule has 1 aromatic carbocycles. The molecule has 1 heterocycles. The first kappa shape index (κ1) is 19.3. The lowest BCUT2D eigenvalue weighted by Gasteiger charge is -2.18. The Bertz CT molecular complexity index is 755. The van der Waals surface area contributed by atoms with Gasteiger partial charge in [0.1, 0.15) is 0 Å². The van der Waals surface area contributed by atoms with Gasteiger partial charge in [-0.1, -0.05) is 24.3 Å². The minimum atomic E-state index is -0.982. The van der Waals surface area contributed by atoms with Gasteiger partial charge in [-0.15, -0.1) is 0 Å². The minimum absolute atomic E-state index is 0.110. The fourth-order valence-corrected chi connectivity index (χ4v) is 2.59. The minimum Gasteiger partial charge on any atom is -0.356 e. The molecule has 26 heavy (non-hydrogen) atoms. The van der Waals surface area contributed by atoms with Crippen molar-refractivity contribution in [2.24, 2.45) is 0 Å². The first-order valence-corrected chi connectivity index (χ1v) is 8.28. The number of urea groups is 1. The third kappa shape index (κ3) is 4.14. The molecule has 0 unspecified atom stereocenters. The lowest BCUT2D eigenvalue weighted by atomic mass is 10.1. The Morgan fingerprint density at radius 2 is 1.65 bits per heavy atom. The van der Waals surface area contributed by atoms with E-state index in [-0.39, 0.29) is 5.91 Å². The van der Waals surface area contributed by atoms with Gasteiger partial charge in [0.15, 0.2) is 5.78 Å². The molecular weight excluding hydrogens is 338 g/mol. The molecule has 5 amide bonds. The maximum absolute atomic E-state index is 12.4. The van der Waals surface area contributed by atoms with Crippen molar-refractivity contribution in [2.75, 3.05) is 13.1 Å². The summed E-state index contributed by atoms with van der Waals surface area (Å²) in [5.74, 6) is -2.43. The molecule has 0 saturated carbocycles. The van der Waals surface area contributed by atoms with Gasteiger partial charge in [0.05, 0.1) is 6.54 Å². The molecule has 2 rings (SSSR count). The molecule has 0 atom stereocenters. The Hall–Kier alpha value is -3.03. The van der Waals surface area contributed by atoms with Crippen molar-refractivity contribution in [3.8, 4) is 0 Å². The Labute approximate surface area is 151 Å². The predicted octanol–water partition coefficient (Wildman–Crippen LogP) is 0.747. The van der Waals surface area contributed by atoms with Crippen molar-refractivity contribution in [1.82, 2.24) is 15.1 Å². The van der Waals surface area contributed by atoms with E-state index in [0.717, 1.165) is 10.5 Å². The molecule has 8 heteroatoms. The van der Waals surface area contributed by atoms with E-state index < -0.39 is 36.2 Å². The summed E-state index contributed by atoms with van der Waals surface area (Å²) in [4.78, 5) is 60.7. The number of benzene rings is 1. The van der Waals surface area contributed by atoms with E-state index in [0.29, 0.717) is 23.4 Å². The van der Waals surface area contributed by atoms with Gasteiger partial charge in [0, 0.05) is 25.1 Å². The number of nitrogens with zero attached hydrogens (tertiary/aromatic N) is 2. The lowest BCUT2D eigenvalue weighted by molar-refractivity contribution is -0.143. The zero-order valence-electron chi connectivity index (χ0n) is 14.9. The van der Waals surface area contributed by atoms with E-state index in [1.807, 2.05) is 0 Å². The number of carbonyl (C=O) groups excluding carboxylic acids is 5. The average molecular weight is 359 g/mol. The number of ketones is 1. The molecule has 1 aliphatic rings. The topological polar surface area (TPSA) is 104 Å². The Morgan fingerprint density at radius 1 is 1.04 bits per heavy atom. The Balaban J connectivity index is 2.01. The molecule has 1 aromatic rings. The van der Waals surface area contributed by atoms with Gasteiger partial charge >= 0.3 is 17.8 Å². The molecule has 1 N–H and O–H groups in total. The summed E-state index contributed by atoms with van der Waals surface area (Å²) in [7, 11) is 0. The van der Waals surface area contributed by atoms with Crippen LogP contribution in [0.2, 0.25) is 0 Å². The van der Waals surface area contributed by atoms with Crippen LogP contribution >= 0.6 is 0 Å². The van der Waals surface area contributed by atoms with E-state index in [2.05, 4.69) is 5.32 Å². The number of hydrogen-bond donors (Lipinski definition) is 1. The largest absolute Gasteiger partial charge is 0.356 e. The van der Waals surface area contributed by atoms with E-state index in [9.17, 15) is 24.0 Å². The van der Waals surface area contributed by atoms with E-state index >= 15 is 0 Å². The van der Waals surface area contributed by atoms with Gasteiger partial charge in [0.25, 0.3) is 0 Å². The quantitative estimate of drug-likeness (QED) is 0.439. The standard InChI is InChI=1S/C18H21N3O5/c1-11(2)21-17(25)16(24)20(18(21)26)10-15(23)14-6-4-13(5-7-14)8-9-19-12(3)22/h4-7,11H,8-10H2,1-3H3,(H,19,22). The average Bonchev–Trinajstić information content (AvgIpc) is 2.78. The summed E-state index contributed by atoms with van der Waals surface area (Å²) in [5.41, 5.74) is 1.27. The van der Waals surface area contributed by atoms with Crippen LogP contribution in [-0.4, -0.2) is 58.5 Å². The van der Waals surface area contributed by atoms with Crippen molar-refractivity contribution in [1.29, 1.82) is 0 Å². The van der Waals surface area contributed by atoms with Crippen LogP contribution in [-0.2, 0) is 20.8 Å². The highest BCUT2D eigenvalue weighted by atomic mass is 16.2. The van der Waals surface area contributed by atoms with Gasteiger partial charge in [0.2, 0.25) is 5.91 Å². The molecule has 0 aromatic heterocycles. The number of imide groups is 2. The summed E-state index contributed by atoms with van der Waals surface area (Å²) in [6.45, 7) is 4.69. The van der Waals surface area contributed by atoms with Crippen LogP contribution < -0.4 is 5.32 Å². The molecule has 138 valence electrons. The number of nitrogens with one attached hydrogen (secondary N) is 1. The molecule has 0 aliphatic carbocycles. The van der Waals surface area contributed by atoms with E-state index in [1.54, 1.807) is 38.1 Å². The van der Waals surface area contributed by atoms with Crippen LogP contribution in [0.25, 0.3) is 0 Å². The Morgan fingerprint density at radius 3 is 2.15 bits per heavy atom. The van der Waals surface area contributed by atoms with Crippen molar-refractivity contribution in [3.05, 3.63) is 35.4 Å². The van der Waals surface area contributed by atoms with Crippen LogP contribution in [0.5, 0.6) is 0 Å². The normalized spacial score (nSPS) is 14.4. The van der Waals surface area contributed by atoms with Crippen molar-refractivity contribution < 1.29 is 24.0 Å². The second-order valence-corrected chi connectivity index (χ2v) is 6.30. The second kappa shape index (κ2) is 7.90. The number of rotatable bonds is 7. The van der Waals surface area contributed by atoms with Gasteiger partial charge in [-0.05, 0) is 25.8 Å². The summed E-state index contributed by atoms with van der Waals surface area (Å²) in [6.07, 6.45) is 0.620. The number of amides is 5. The van der Waals surface area contributed by atoms with Gasteiger partial charge in [-0.2, -0.15) is 0 Å². The first-order chi connectivity index (χ1) is 12.2. The number of Topliss-reactive ketones (excluding diaryl/α,β-unsaturated/α-hetero) is 1. The molecule has 1 fully saturated rings. The fraction of sp³-hybridized carbons (Fsp3) is 0.389. The molecule has 1 saturated heterocycles. The summed E-state index contributed by atoms with van der Waals surface area (Å²) in [6, 6.07) is 5.46. The fourth-order valence-electron chi connectivity index (χ4n) is 2.59. The van der Waals surface area contributed by atoms with Gasteiger partial charge < -0.3 is 5.32 Å². The maximum Gasteiger partial charge on any atom is 0.334 e. The SMILES string of the molecule is CC(=O)NCCc1ccc(C(=O)CN2C(=O)C(=O)N(C(C)C)C2=O)cc1. The molecule has 0 radical (unpaired) electrons. The Kier molecular flexibility index (Phi) is 5.86. The molecule has 8 nitrogen and oxygen atoms in total. The number of carbonyl (C=O) groups is 5. The third-order valence-electron chi connectivity index (χ3n) is 3.97. The van der Waals surface area contributed by atoms with Crippen molar-refractivity contribution in [2.45, 2.75) is 33.2 Å². The second-order valence-electron chi connectivity index (χ2n) is 6.30. The molecule has 0 spiro atoms. The van der Waals surface area contributed by atoms with E-state index in [1.165, 1.54) is 6.92 Å². The summed E-state index contributed by atoms with van der Waals surface area (Å²) >= 11 is 0.